The highest BCUT2D eigenvalue weighted by molar-refractivity contribution is 6.50. The Kier molecular flexibility index (Phi) is 5.90. The van der Waals surface area contributed by atoms with Crippen LogP contribution in [0.4, 0.5) is 0 Å². The van der Waals surface area contributed by atoms with Crippen LogP contribution in [0.1, 0.15) is 16.8 Å². The SMILES string of the molecule is O=C(Oc1ccccc1)C1=C(NC(=O)c2ccc(Cl)cc2)CC(Cl)(Cl)C=C1. The fourth-order valence-corrected chi connectivity index (χ4v) is 2.98. The molecule has 7 heteroatoms. The third-order valence-corrected chi connectivity index (χ3v) is 4.55. The number of hydrogen-bond acceptors (Lipinski definition) is 3. The van der Waals surface area contributed by atoms with Crippen LogP contribution < -0.4 is 10.1 Å². The number of hydrogen-bond donors (Lipinski definition) is 1. The Morgan fingerprint density at radius 1 is 1.00 bits per heavy atom. The normalized spacial score (nSPS) is 15.4. The van der Waals surface area contributed by atoms with Crippen molar-refractivity contribution >= 4 is 46.7 Å². The van der Waals surface area contributed by atoms with Crippen molar-refractivity contribution in [2.45, 2.75) is 10.8 Å². The Bertz CT molecular complexity index is 919. The zero-order valence-electron chi connectivity index (χ0n) is 13.9. The number of carbonyl (C=O) groups is 2. The smallest absolute Gasteiger partial charge is 0.345 e. The summed E-state index contributed by atoms with van der Waals surface area (Å²) in [5, 5.41) is 3.22. The summed E-state index contributed by atoms with van der Waals surface area (Å²) >= 11 is 18.2. The van der Waals surface area contributed by atoms with Crippen molar-refractivity contribution in [2.24, 2.45) is 0 Å². The van der Waals surface area contributed by atoms with Crippen LogP contribution in [0.25, 0.3) is 0 Å². The van der Waals surface area contributed by atoms with Gasteiger partial charge in [-0.2, -0.15) is 0 Å². The molecule has 2 aromatic carbocycles. The zero-order chi connectivity index (χ0) is 19.4. The number of nitrogens with one attached hydrogen (secondary N) is 1. The van der Waals surface area contributed by atoms with Crippen LogP contribution in [0.2, 0.25) is 5.02 Å². The molecule has 1 amide bonds. The molecule has 1 aliphatic carbocycles. The molecule has 0 saturated heterocycles. The predicted molar refractivity (Wildman–Crippen MR) is 106 cm³/mol. The number of esters is 1. The summed E-state index contributed by atoms with van der Waals surface area (Å²) in [6.07, 6.45) is 2.98. The van der Waals surface area contributed by atoms with Gasteiger partial charge in [0.2, 0.25) is 0 Å². The van der Waals surface area contributed by atoms with Crippen molar-refractivity contribution in [2.75, 3.05) is 0 Å². The molecule has 0 atom stereocenters. The minimum absolute atomic E-state index is 0.0468. The molecule has 0 aromatic heterocycles. The fraction of sp³-hybridized carbons (Fsp3) is 0.100. The largest absolute Gasteiger partial charge is 0.423 e. The van der Waals surface area contributed by atoms with Crippen LogP contribution >= 0.6 is 34.8 Å². The van der Waals surface area contributed by atoms with Gasteiger partial charge in [-0.25, -0.2) is 4.79 Å². The van der Waals surface area contributed by atoms with E-state index in [1.54, 1.807) is 48.5 Å². The van der Waals surface area contributed by atoms with Crippen molar-refractivity contribution in [3.05, 3.63) is 88.6 Å². The lowest BCUT2D eigenvalue weighted by Crippen LogP contribution is -2.31. The van der Waals surface area contributed by atoms with Gasteiger partial charge in [0.1, 0.15) is 10.1 Å². The number of ether oxygens (including phenoxy) is 1. The summed E-state index contributed by atoms with van der Waals surface area (Å²) in [7, 11) is 0. The lowest BCUT2D eigenvalue weighted by Gasteiger charge is -2.24. The zero-order valence-corrected chi connectivity index (χ0v) is 16.2. The Hall–Kier alpha value is -2.27. The van der Waals surface area contributed by atoms with Gasteiger partial charge in [0.25, 0.3) is 5.91 Å². The topological polar surface area (TPSA) is 55.4 Å². The maximum absolute atomic E-state index is 12.6. The fourth-order valence-electron chi connectivity index (χ4n) is 2.46. The second kappa shape index (κ2) is 8.17. The Balaban J connectivity index is 1.86. The van der Waals surface area contributed by atoms with Gasteiger partial charge >= 0.3 is 5.97 Å². The molecule has 0 unspecified atom stereocenters. The van der Waals surface area contributed by atoms with Crippen LogP contribution in [0.3, 0.4) is 0 Å². The number of para-hydroxylation sites is 1. The highest BCUT2D eigenvalue weighted by atomic mass is 35.5. The number of allylic oxidation sites excluding steroid dienone is 2. The molecule has 138 valence electrons. The maximum Gasteiger partial charge on any atom is 0.345 e. The van der Waals surface area contributed by atoms with Crippen molar-refractivity contribution < 1.29 is 14.3 Å². The van der Waals surface area contributed by atoms with Gasteiger partial charge < -0.3 is 10.1 Å². The lowest BCUT2D eigenvalue weighted by atomic mass is 10.0. The molecule has 27 heavy (non-hydrogen) atoms. The van der Waals surface area contributed by atoms with E-state index < -0.39 is 16.2 Å². The van der Waals surface area contributed by atoms with Crippen LogP contribution in [0.5, 0.6) is 5.75 Å². The summed E-state index contributed by atoms with van der Waals surface area (Å²) in [4.78, 5) is 25.1. The highest BCUT2D eigenvalue weighted by Gasteiger charge is 2.31. The molecule has 3 rings (SSSR count). The summed E-state index contributed by atoms with van der Waals surface area (Å²) in [5.41, 5.74) is 0.841. The van der Waals surface area contributed by atoms with Crippen molar-refractivity contribution in [3.8, 4) is 5.75 Å². The van der Waals surface area contributed by atoms with Gasteiger partial charge in [-0.1, -0.05) is 53.0 Å². The average molecular weight is 423 g/mol. The van der Waals surface area contributed by atoms with E-state index >= 15 is 0 Å². The van der Waals surface area contributed by atoms with Gasteiger partial charge in [-0.05, 0) is 48.6 Å². The number of alkyl halides is 2. The van der Waals surface area contributed by atoms with Crippen molar-refractivity contribution in [3.63, 3.8) is 0 Å². The molecule has 0 radical (unpaired) electrons. The van der Waals surface area contributed by atoms with E-state index in [-0.39, 0.29) is 17.7 Å². The van der Waals surface area contributed by atoms with Gasteiger partial charge in [0.05, 0.1) is 5.57 Å². The molecule has 4 nitrogen and oxygen atoms in total. The number of amides is 1. The molecule has 0 heterocycles. The lowest BCUT2D eigenvalue weighted by molar-refractivity contribution is -0.129. The molecule has 0 saturated carbocycles. The summed E-state index contributed by atoms with van der Waals surface area (Å²) < 4.78 is 4.12. The first kappa shape index (κ1) is 19.5. The third-order valence-electron chi connectivity index (χ3n) is 3.78. The van der Waals surface area contributed by atoms with E-state index in [4.69, 9.17) is 39.5 Å². The Labute approximate surface area is 171 Å². The number of rotatable bonds is 4. The molecule has 1 aliphatic rings. The quantitative estimate of drug-likeness (QED) is 0.425. The first-order valence-corrected chi connectivity index (χ1v) is 9.12. The van der Waals surface area contributed by atoms with Gasteiger partial charge in [0, 0.05) is 22.7 Å². The molecular weight excluding hydrogens is 409 g/mol. The predicted octanol–water partition coefficient (Wildman–Crippen LogP) is 5.06. The van der Waals surface area contributed by atoms with E-state index in [1.807, 2.05) is 6.07 Å². The van der Waals surface area contributed by atoms with Gasteiger partial charge in [-0.15, -0.1) is 0 Å². The maximum atomic E-state index is 12.6. The van der Waals surface area contributed by atoms with E-state index in [2.05, 4.69) is 5.32 Å². The van der Waals surface area contributed by atoms with E-state index in [0.29, 0.717) is 16.3 Å². The van der Waals surface area contributed by atoms with Crippen LogP contribution in [0, 0.1) is 0 Å². The van der Waals surface area contributed by atoms with E-state index in [1.165, 1.54) is 12.2 Å². The van der Waals surface area contributed by atoms with Gasteiger partial charge in [-0.3, -0.25) is 4.79 Å². The number of benzene rings is 2. The standard InChI is InChI=1S/C20H14Cl3NO3/c21-14-8-6-13(7-9-14)18(25)24-17-12-20(22,23)11-10-16(17)19(26)27-15-4-2-1-3-5-15/h1-11H,12H2,(H,24,25). The molecule has 0 fully saturated rings. The van der Waals surface area contributed by atoms with Crippen molar-refractivity contribution in [1.29, 1.82) is 0 Å². The minimum atomic E-state index is -1.24. The monoisotopic (exact) mass is 421 g/mol. The van der Waals surface area contributed by atoms with Crippen LogP contribution in [0.15, 0.2) is 78.0 Å². The highest BCUT2D eigenvalue weighted by Crippen LogP contribution is 2.35. The summed E-state index contributed by atoms with van der Waals surface area (Å²) in [5.74, 6) is -0.640. The number of halogens is 3. The third kappa shape index (κ3) is 5.13. The molecule has 0 spiro atoms. The second-order valence-corrected chi connectivity index (χ2v) is 7.81. The minimum Gasteiger partial charge on any atom is -0.423 e. The van der Waals surface area contributed by atoms with E-state index in [9.17, 15) is 9.59 Å². The molecular formula is C20H14Cl3NO3. The molecule has 0 aliphatic heterocycles. The average Bonchev–Trinajstić information content (AvgIpc) is 2.62. The van der Waals surface area contributed by atoms with Crippen LogP contribution in [-0.4, -0.2) is 16.2 Å². The van der Waals surface area contributed by atoms with Crippen LogP contribution in [-0.2, 0) is 4.79 Å². The number of carbonyl (C=O) groups excluding carboxylic acids is 2. The van der Waals surface area contributed by atoms with Crippen molar-refractivity contribution in [1.82, 2.24) is 5.32 Å². The Morgan fingerprint density at radius 3 is 2.33 bits per heavy atom. The summed E-state index contributed by atoms with van der Waals surface area (Å²) in [6.45, 7) is 0. The summed E-state index contributed by atoms with van der Waals surface area (Å²) in [6, 6.07) is 15.0. The van der Waals surface area contributed by atoms with Gasteiger partial charge in [0.15, 0.2) is 0 Å². The molecule has 0 bridgehead atoms. The molecule has 1 N–H and O–H groups in total. The van der Waals surface area contributed by atoms with E-state index in [0.717, 1.165) is 0 Å². The first-order valence-electron chi connectivity index (χ1n) is 7.98. The molecule has 2 aromatic rings. The first-order chi connectivity index (χ1) is 12.8. The Morgan fingerprint density at radius 2 is 1.67 bits per heavy atom. The second-order valence-electron chi connectivity index (χ2n) is 5.83.